The van der Waals surface area contributed by atoms with Crippen LogP contribution in [0.3, 0.4) is 0 Å². The molecule has 0 saturated heterocycles. The molecule has 194 valence electrons. The number of aromatic nitrogens is 1. The number of pyridine rings is 1. The third kappa shape index (κ3) is 11.3. The lowest BCUT2D eigenvalue weighted by molar-refractivity contribution is -0.193. The third-order valence-electron chi connectivity index (χ3n) is 4.27. The molecule has 0 amide bonds. The van der Waals surface area contributed by atoms with Crippen molar-refractivity contribution < 1.29 is 50.9 Å². The number of halogens is 6. The fraction of sp³-hybridized carbons (Fsp3) is 0.381. The van der Waals surface area contributed by atoms with E-state index in [1.807, 2.05) is 12.4 Å². The van der Waals surface area contributed by atoms with Gasteiger partial charge in [0, 0.05) is 32.0 Å². The van der Waals surface area contributed by atoms with E-state index in [4.69, 9.17) is 24.5 Å². The molecule has 0 saturated carbocycles. The summed E-state index contributed by atoms with van der Waals surface area (Å²) in [7, 11) is 0. The Morgan fingerprint density at radius 3 is 2.23 bits per heavy atom. The highest BCUT2D eigenvalue weighted by Gasteiger charge is 2.38. The van der Waals surface area contributed by atoms with Gasteiger partial charge in [0.25, 0.3) is 0 Å². The topological polar surface area (TPSA) is 100.0 Å². The molecule has 7 nitrogen and oxygen atoms in total. The first-order valence-corrected chi connectivity index (χ1v) is 10.7. The fourth-order valence-corrected chi connectivity index (χ4v) is 3.44. The van der Waals surface area contributed by atoms with Crippen LogP contribution in [0.1, 0.15) is 22.3 Å². The molecule has 0 unspecified atom stereocenters. The SMILES string of the molecule is C=CCOCc1cncc2c1CCN(Cc1ccsc1)C2.O=C(O)C(F)(F)F.O=C(O)C(F)(F)F. The summed E-state index contributed by atoms with van der Waals surface area (Å²) in [6, 6.07) is 2.21. The maximum Gasteiger partial charge on any atom is 0.490 e. The molecule has 2 aromatic heterocycles. The van der Waals surface area contributed by atoms with E-state index in [0.717, 1.165) is 26.1 Å². The van der Waals surface area contributed by atoms with E-state index < -0.39 is 24.3 Å². The number of rotatable bonds is 6. The van der Waals surface area contributed by atoms with Crippen molar-refractivity contribution in [3.63, 3.8) is 0 Å². The van der Waals surface area contributed by atoms with Gasteiger partial charge in [-0.05, 0) is 45.5 Å². The van der Waals surface area contributed by atoms with Crippen LogP contribution in [-0.4, -0.2) is 57.5 Å². The van der Waals surface area contributed by atoms with E-state index >= 15 is 0 Å². The Bertz CT molecular complexity index is 940. The second-order valence-corrected chi connectivity index (χ2v) is 7.72. The van der Waals surface area contributed by atoms with Gasteiger partial charge in [0.05, 0.1) is 13.2 Å². The highest BCUT2D eigenvalue weighted by Crippen LogP contribution is 2.24. The lowest BCUT2D eigenvalue weighted by atomic mass is 9.97. The van der Waals surface area contributed by atoms with Crippen molar-refractivity contribution >= 4 is 23.3 Å². The zero-order valence-corrected chi connectivity index (χ0v) is 18.9. The van der Waals surface area contributed by atoms with Crippen LogP contribution < -0.4 is 0 Å². The first kappa shape index (κ1) is 30.1. The molecule has 0 aliphatic carbocycles. The molecule has 2 N–H and O–H groups in total. The smallest absolute Gasteiger partial charge is 0.475 e. The summed E-state index contributed by atoms with van der Waals surface area (Å²) in [4.78, 5) is 24.7. The van der Waals surface area contributed by atoms with Crippen LogP contribution in [-0.2, 0) is 40.4 Å². The van der Waals surface area contributed by atoms with E-state index in [1.54, 1.807) is 17.4 Å². The molecule has 2 aromatic rings. The molecule has 0 bridgehead atoms. The van der Waals surface area contributed by atoms with Gasteiger partial charge < -0.3 is 14.9 Å². The largest absolute Gasteiger partial charge is 0.490 e. The quantitative estimate of drug-likeness (QED) is 0.319. The molecule has 35 heavy (non-hydrogen) atoms. The Hall–Kier alpha value is -2.97. The number of nitrogens with zero attached hydrogens (tertiary/aromatic N) is 2. The van der Waals surface area contributed by atoms with E-state index in [-0.39, 0.29) is 0 Å². The molecule has 1 aliphatic rings. The predicted molar refractivity (Wildman–Crippen MR) is 114 cm³/mol. The number of aliphatic carboxylic acids is 2. The van der Waals surface area contributed by atoms with Crippen molar-refractivity contribution in [2.45, 2.75) is 38.5 Å². The number of hydrogen-bond donors (Lipinski definition) is 2. The van der Waals surface area contributed by atoms with E-state index in [9.17, 15) is 26.3 Å². The average molecular weight is 528 g/mol. The van der Waals surface area contributed by atoms with Crippen LogP contribution in [0, 0.1) is 0 Å². The van der Waals surface area contributed by atoms with Gasteiger partial charge in [-0.3, -0.25) is 9.88 Å². The van der Waals surface area contributed by atoms with E-state index in [1.165, 1.54) is 22.3 Å². The van der Waals surface area contributed by atoms with Gasteiger partial charge in [0.15, 0.2) is 0 Å². The van der Waals surface area contributed by atoms with Crippen LogP contribution in [0.2, 0.25) is 0 Å². The summed E-state index contributed by atoms with van der Waals surface area (Å²) in [6.07, 6.45) is -3.36. The number of fused-ring (bicyclic) bond motifs is 1. The minimum absolute atomic E-state index is 0.591. The van der Waals surface area contributed by atoms with Crippen LogP contribution in [0.25, 0.3) is 0 Å². The van der Waals surface area contributed by atoms with E-state index in [2.05, 4.69) is 33.3 Å². The number of carboxylic acid groups (broad SMARTS) is 2. The molecular formula is C21H22F6N2O5S. The van der Waals surface area contributed by atoms with Crippen LogP contribution in [0.15, 0.2) is 41.9 Å². The normalized spacial score (nSPS) is 13.4. The highest BCUT2D eigenvalue weighted by atomic mass is 32.1. The molecule has 0 radical (unpaired) electrons. The van der Waals surface area contributed by atoms with Crippen molar-refractivity contribution in [1.29, 1.82) is 0 Å². The average Bonchev–Trinajstić information content (AvgIpc) is 3.26. The molecule has 3 heterocycles. The summed E-state index contributed by atoms with van der Waals surface area (Å²) in [5, 5.41) is 18.6. The van der Waals surface area contributed by atoms with Crippen molar-refractivity contribution in [2.24, 2.45) is 0 Å². The zero-order chi connectivity index (χ0) is 26.6. The highest BCUT2D eigenvalue weighted by molar-refractivity contribution is 7.07. The first-order valence-electron chi connectivity index (χ1n) is 9.72. The first-order chi connectivity index (χ1) is 16.3. The Labute approximate surface area is 200 Å². The number of alkyl halides is 6. The van der Waals surface area contributed by atoms with Gasteiger partial charge in [0.1, 0.15) is 0 Å². The van der Waals surface area contributed by atoms with E-state index in [0.29, 0.717) is 13.2 Å². The van der Waals surface area contributed by atoms with Gasteiger partial charge >= 0.3 is 24.3 Å². The van der Waals surface area contributed by atoms with Gasteiger partial charge in [0.2, 0.25) is 0 Å². The van der Waals surface area contributed by atoms with Gasteiger partial charge in [-0.1, -0.05) is 6.08 Å². The van der Waals surface area contributed by atoms with Gasteiger partial charge in [-0.2, -0.15) is 37.7 Å². The van der Waals surface area contributed by atoms with Crippen LogP contribution >= 0.6 is 11.3 Å². The minimum atomic E-state index is -5.08. The number of carboxylic acids is 2. The molecule has 14 heteroatoms. The Kier molecular flexibility index (Phi) is 11.9. The Morgan fingerprint density at radius 1 is 1.14 bits per heavy atom. The number of carbonyl (C=O) groups is 2. The Balaban J connectivity index is 0.000000362. The molecule has 1 aliphatic heterocycles. The third-order valence-corrected chi connectivity index (χ3v) is 5.00. The number of thiophene rings is 1. The minimum Gasteiger partial charge on any atom is -0.475 e. The van der Waals surface area contributed by atoms with Crippen LogP contribution in [0.5, 0.6) is 0 Å². The van der Waals surface area contributed by atoms with Crippen molar-refractivity contribution in [3.8, 4) is 0 Å². The lowest BCUT2D eigenvalue weighted by Gasteiger charge is -2.29. The number of ether oxygens (including phenoxy) is 1. The lowest BCUT2D eigenvalue weighted by Crippen LogP contribution is -2.30. The van der Waals surface area contributed by atoms with Crippen molar-refractivity contribution in [1.82, 2.24) is 9.88 Å². The number of hydrogen-bond acceptors (Lipinski definition) is 6. The van der Waals surface area contributed by atoms with Crippen molar-refractivity contribution in [2.75, 3.05) is 13.2 Å². The molecular weight excluding hydrogens is 506 g/mol. The zero-order valence-electron chi connectivity index (χ0n) is 18.1. The maximum absolute atomic E-state index is 10.6. The molecule has 0 spiro atoms. The maximum atomic E-state index is 10.6. The molecule has 0 atom stereocenters. The van der Waals surface area contributed by atoms with Gasteiger partial charge in [-0.25, -0.2) is 9.59 Å². The summed E-state index contributed by atoms with van der Waals surface area (Å²) in [6.45, 7) is 8.01. The second kappa shape index (κ2) is 13.8. The second-order valence-electron chi connectivity index (χ2n) is 6.94. The summed E-state index contributed by atoms with van der Waals surface area (Å²) < 4.78 is 69.0. The van der Waals surface area contributed by atoms with Crippen LogP contribution in [0.4, 0.5) is 26.3 Å². The summed E-state index contributed by atoms with van der Waals surface area (Å²) >= 11 is 1.76. The monoisotopic (exact) mass is 528 g/mol. The summed E-state index contributed by atoms with van der Waals surface area (Å²) in [5.74, 6) is -5.51. The molecule has 3 rings (SSSR count). The standard InChI is InChI=1S/C17H20N2OS.2C2HF3O2/c1-2-6-20-12-16-9-18-8-15-11-19(5-3-17(15)16)10-14-4-7-21-13-14;2*3-2(4,5)1(6)7/h2,4,7-9,13H,1,3,5-6,10-12H2;2*(H,6,7). The fourth-order valence-electron chi connectivity index (χ4n) is 2.78. The van der Waals surface area contributed by atoms with Gasteiger partial charge in [-0.15, -0.1) is 6.58 Å². The molecule has 0 aromatic carbocycles. The predicted octanol–water partition coefficient (Wildman–Crippen LogP) is 4.67. The van der Waals surface area contributed by atoms with Crippen molar-refractivity contribution in [3.05, 3.63) is 64.1 Å². The Morgan fingerprint density at radius 2 is 1.74 bits per heavy atom. The molecule has 0 fully saturated rings. The summed E-state index contributed by atoms with van der Waals surface area (Å²) in [5.41, 5.74) is 5.40.